The molecule has 6 nitrogen and oxygen atoms in total. The molecule has 0 aliphatic heterocycles. The van der Waals surface area contributed by atoms with Crippen molar-refractivity contribution in [3.05, 3.63) is 52.5 Å². The van der Waals surface area contributed by atoms with Gasteiger partial charge in [0.1, 0.15) is 5.75 Å². The Labute approximate surface area is 165 Å². The van der Waals surface area contributed by atoms with Crippen molar-refractivity contribution in [3.63, 3.8) is 0 Å². The minimum Gasteiger partial charge on any atom is -0.496 e. The van der Waals surface area contributed by atoms with Crippen molar-refractivity contribution < 1.29 is 17.9 Å². The van der Waals surface area contributed by atoms with Gasteiger partial charge >= 0.3 is 0 Å². The lowest BCUT2D eigenvalue weighted by Gasteiger charge is -2.19. The van der Waals surface area contributed by atoms with Crippen molar-refractivity contribution >= 4 is 33.2 Å². The highest BCUT2D eigenvalue weighted by atomic mass is 35.5. The summed E-state index contributed by atoms with van der Waals surface area (Å²) >= 11 is 6.18. The molecule has 146 valence electrons. The molecular weight excluding hydrogens is 388 g/mol. The van der Waals surface area contributed by atoms with Gasteiger partial charge in [-0.15, -0.1) is 0 Å². The van der Waals surface area contributed by atoms with E-state index < -0.39 is 15.9 Å². The van der Waals surface area contributed by atoms with Crippen molar-refractivity contribution in [3.8, 4) is 5.75 Å². The van der Waals surface area contributed by atoms with Crippen LogP contribution in [0.1, 0.15) is 29.8 Å². The monoisotopic (exact) mass is 410 g/mol. The van der Waals surface area contributed by atoms with Crippen molar-refractivity contribution in [1.29, 1.82) is 0 Å². The summed E-state index contributed by atoms with van der Waals surface area (Å²) in [4.78, 5) is 12.8. The highest BCUT2D eigenvalue weighted by Crippen LogP contribution is 2.28. The normalized spacial score (nSPS) is 11.5. The average Bonchev–Trinajstić information content (AvgIpc) is 2.64. The molecule has 2 rings (SSSR count). The van der Waals surface area contributed by atoms with Crippen LogP contribution in [0.3, 0.4) is 0 Å². The molecule has 0 atom stereocenters. The maximum atomic E-state index is 12.7. The summed E-state index contributed by atoms with van der Waals surface area (Å²) in [6, 6.07) is 9.49. The molecule has 1 N–H and O–H groups in total. The lowest BCUT2D eigenvalue weighted by atomic mass is 10.1. The Morgan fingerprint density at radius 1 is 1.15 bits per heavy atom. The second-order valence-corrected chi connectivity index (χ2v) is 8.23. The zero-order chi connectivity index (χ0) is 20.2. The zero-order valence-electron chi connectivity index (χ0n) is 15.7. The Hall–Kier alpha value is -2.09. The van der Waals surface area contributed by atoms with E-state index in [0.29, 0.717) is 24.4 Å². The lowest BCUT2D eigenvalue weighted by molar-refractivity contribution is 0.102. The van der Waals surface area contributed by atoms with E-state index in [4.69, 9.17) is 16.3 Å². The minimum atomic E-state index is -3.66. The Kier molecular flexibility index (Phi) is 6.86. The smallest absolute Gasteiger partial charge is 0.259 e. The molecule has 0 fully saturated rings. The molecule has 0 heterocycles. The topological polar surface area (TPSA) is 75.7 Å². The molecule has 0 radical (unpaired) electrons. The van der Waals surface area contributed by atoms with Crippen LogP contribution in [-0.2, 0) is 10.0 Å². The van der Waals surface area contributed by atoms with Gasteiger partial charge in [-0.2, -0.15) is 4.31 Å². The molecule has 8 heteroatoms. The molecule has 2 aromatic rings. The SMILES string of the molecule is CCN(CC)S(=O)(=O)c1ccc(Cl)c(NC(=O)c2cc(C)ccc2OC)c1. The third-order valence-corrected chi connectivity index (χ3v) is 6.50. The molecule has 2 aromatic carbocycles. The maximum absolute atomic E-state index is 12.7. The number of nitrogens with one attached hydrogen (secondary N) is 1. The number of halogens is 1. The summed E-state index contributed by atoms with van der Waals surface area (Å²) in [6.45, 7) is 6.10. The quantitative estimate of drug-likeness (QED) is 0.750. The first kappa shape index (κ1) is 21.2. The third-order valence-electron chi connectivity index (χ3n) is 4.13. The number of carbonyl (C=O) groups is 1. The predicted molar refractivity (Wildman–Crippen MR) is 107 cm³/mol. The second-order valence-electron chi connectivity index (χ2n) is 5.89. The number of nitrogens with zero attached hydrogens (tertiary/aromatic N) is 1. The zero-order valence-corrected chi connectivity index (χ0v) is 17.3. The Bertz CT molecular complexity index is 941. The van der Waals surface area contributed by atoms with Gasteiger partial charge in [0.15, 0.2) is 0 Å². The molecular formula is C19H23ClN2O4S. The van der Waals surface area contributed by atoms with E-state index in [1.807, 2.05) is 13.0 Å². The first-order valence-corrected chi connectivity index (χ1v) is 10.3. The standard InChI is InChI=1S/C19H23ClN2O4S/c1-5-22(6-2)27(24,25)14-8-9-16(20)17(12-14)21-19(23)15-11-13(3)7-10-18(15)26-4/h7-12H,5-6H2,1-4H3,(H,21,23). The number of anilines is 1. The number of ether oxygens (including phenoxy) is 1. The fourth-order valence-corrected chi connectivity index (χ4v) is 4.31. The van der Waals surface area contributed by atoms with E-state index in [9.17, 15) is 13.2 Å². The first-order chi connectivity index (χ1) is 12.7. The van der Waals surface area contributed by atoms with Gasteiger partial charge in [0.25, 0.3) is 5.91 Å². The molecule has 27 heavy (non-hydrogen) atoms. The van der Waals surface area contributed by atoms with Gasteiger partial charge < -0.3 is 10.1 Å². The second kappa shape index (κ2) is 8.73. The lowest BCUT2D eigenvalue weighted by Crippen LogP contribution is -2.30. The molecule has 0 aromatic heterocycles. The maximum Gasteiger partial charge on any atom is 0.259 e. The number of aryl methyl sites for hydroxylation is 1. The summed E-state index contributed by atoms with van der Waals surface area (Å²) in [5, 5.41) is 2.93. The van der Waals surface area contributed by atoms with Crippen molar-refractivity contribution in [2.75, 3.05) is 25.5 Å². The van der Waals surface area contributed by atoms with Gasteiger partial charge in [0.05, 0.1) is 28.3 Å². The minimum absolute atomic E-state index is 0.0714. The fraction of sp³-hybridized carbons (Fsp3) is 0.316. The van der Waals surface area contributed by atoms with E-state index in [-0.39, 0.29) is 15.6 Å². The number of sulfonamides is 1. The number of benzene rings is 2. The van der Waals surface area contributed by atoms with Crippen LogP contribution in [0.15, 0.2) is 41.3 Å². The Morgan fingerprint density at radius 2 is 1.81 bits per heavy atom. The van der Waals surface area contributed by atoms with Crippen LogP contribution in [0.25, 0.3) is 0 Å². The molecule has 0 unspecified atom stereocenters. The van der Waals surface area contributed by atoms with E-state index in [1.165, 1.54) is 29.6 Å². The summed E-state index contributed by atoms with van der Waals surface area (Å²) in [7, 11) is -2.18. The van der Waals surface area contributed by atoms with Gasteiger partial charge in [-0.1, -0.05) is 37.1 Å². The number of methoxy groups -OCH3 is 1. The summed E-state index contributed by atoms with van der Waals surface area (Å²) in [5.74, 6) is -0.0176. The number of rotatable bonds is 7. The molecule has 0 aliphatic carbocycles. The van der Waals surface area contributed by atoms with Gasteiger partial charge in [0.2, 0.25) is 10.0 Å². The Balaban J connectivity index is 2.40. The van der Waals surface area contributed by atoms with Gasteiger partial charge in [-0.05, 0) is 37.3 Å². The molecule has 0 bridgehead atoms. The van der Waals surface area contributed by atoms with Crippen LogP contribution < -0.4 is 10.1 Å². The number of amides is 1. The fourth-order valence-electron chi connectivity index (χ4n) is 2.66. The van der Waals surface area contributed by atoms with Crippen LogP contribution in [0.4, 0.5) is 5.69 Å². The van der Waals surface area contributed by atoms with Gasteiger partial charge in [0, 0.05) is 13.1 Å². The van der Waals surface area contributed by atoms with Crippen molar-refractivity contribution in [2.45, 2.75) is 25.7 Å². The van der Waals surface area contributed by atoms with E-state index in [2.05, 4.69) is 5.32 Å². The molecule has 0 saturated heterocycles. The molecule has 0 saturated carbocycles. The van der Waals surface area contributed by atoms with Crippen LogP contribution >= 0.6 is 11.6 Å². The van der Waals surface area contributed by atoms with Crippen LogP contribution in [0.2, 0.25) is 5.02 Å². The van der Waals surface area contributed by atoms with Gasteiger partial charge in [-0.3, -0.25) is 4.79 Å². The van der Waals surface area contributed by atoms with Crippen molar-refractivity contribution in [1.82, 2.24) is 4.31 Å². The predicted octanol–water partition coefficient (Wildman–Crippen LogP) is 3.94. The van der Waals surface area contributed by atoms with Crippen molar-refractivity contribution in [2.24, 2.45) is 0 Å². The summed E-state index contributed by atoms with van der Waals surface area (Å²) in [6.07, 6.45) is 0. The highest BCUT2D eigenvalue weighted by molar-refractivity contribution is 7.89. The van der Waals surface area contributed by atoms with Gasteiger partial charge in [-0.25, -0.2) is 8.42 Å². The summed E-state index contributed by atoms with van der Waals surface area (Å²) in [5.41, 5.74) is 1.45. The molecule has 0 aliphatic rings. The first-order valence-electron chi connectivity index (χ1n) is 8.50. The third kappa shape index (κ3) is 4.61. The highest BCUT2D eigenvalue weighted by Gasteiger charge is 2.23. The van der Waals surface area contributed by atoms with Crippen LogP contribution in [0, 0.1) is 6.92 Å². The molecule has 1 amide bonds. The average molecular weight is 411 g/mol. The van der Waals surface area contributed by atoms with E-state index >= 15 is 0 Å². The van der Waals surface area contributed by atoms with E-state index in [1.54, 1.807) is 26.0 Å². The number of hydrogen-bond acceptors (Lipinski definition) is 4. The van der Waals surface area contributed by atoms with E-state index in [0.717, 1.165) is 5.56 Å². The summed E-state index contributed by atoms with van der Waals surface area (Å²) < 4.78 is 32.0. The van der Waals surface area contributed by atoms with Crippen LogP contribution in [0.5, 0.6) is 5.75 Å². The molecule has 0 spiro atoms. The number of carbonyl (C=O) groups excluding carboxylic acids is 1. The largest absolute Gasteiger partial charge is 0.496 e. The van der Waals surface area contributed by atoms with Crippen LogP contribution in [-0.4, -0.2) is 38.8 Å². The number of hydrogen-bond donors (Lipinski definition) is 1. The Morgan fingerprint density at radius 3 is 2.41 bits per heavy atom.